The molecule has 3 atom stereocenters. The van der Waals surface area contributed by atoms with Gasteiger partial charge in [-0.05, 0) is 36.6 Å². The van der Waals surface area contributed by atoms with Gasteiger partial charge in [-0.25, -0.2) is 13.2 Å². The number of carboxylic acid groups (broad SMARTS) is 1. The zero-order chi connectivity index (χ0) is 26.3. The van der Waals surface area contributed by atoms with Crippen LogP contribution in [0.1, 0.15) is 12.8 Å². The molecule has 1 aromatic rings. The summed E-state index contributed by atoms with van der Waals surface area (Å²) in [6.07, 6.45) is 2.32. The van der Waals surface area contributed by atoms with Gasteiger partial charge >= 0.3 is 5.97 Å². The van der Waals surface area contributed by atoms with Gasteiger partial charge < -0.3 is 15.3 Å². The largest absolute Gasteiger partial charge is 0.477 e. The highest BCUT2D eigenvalue weighted by molar-refractivity contribution is 8.00. The molecule has 1 unspecified atom stereocenters. The van der Waals surface area contributed by atoms with E-state index in [-0.39, 0.29) is 46.6 Å². The number of carboxylic acids is 1. The lowest BCUT2D eigenvalue weighted by atomic mass is 10.0. The van der Waals surface area contributed by atoms with Crippen molar-refractivity contribution in [2.45, 2.75) is 35.2 Å². The number of carbonyl (C=O) groups excluding carboxylic acids is 3. The first kappa shape index (κ1) is 25.9. The first-order chi connectivity index (χ1) is 17.6. The van der Waals surface area contributed by atoms with E-state index in [1.807, 2.05) is 30.3 Å². The summed E-state index contributed by atoms with van der Waals surface area (Å²) in [6.45, 7) is 0.383. The van der Waals surface area contributed by atoms with Crippen LogP contribution in [0.4, 0.5) is 0 Å². The van der Waals surface area contributed by atoms with Crippen LogP contribution >= 0.6 is 23.5 Å². The monoisotopic (exact) mass is 563 g/mol. The molecule has 0 spiro atoms. The molecule has 4 aliphatic rings. The number of sulfone groups is 1. The van der Waals surface area contributed by atoms with Crippen LogP contribution in [0.15, 0.2) is 58.1 Å². The normalized spacial score (nSPS) is 27.9. The van der Waals surface area contributed by atoms with Crippen molar-refractivity contribution < 1.29 is 32.7 Å². The van der Waals surface area contributed by atoms with Crippen LogP contribution in [0, 0.1) is 0 Å². The molecule has 1 aromatic carbocycles. The topological polar surface area (TPSA) is 141 Å². The average molecular weight is 564 g/mol. The number of aliphatic carboxylic acids is 1. The third-order valence-corrected chi connectivity index (χ3v) is 10.8. The number of nitrogens with zero attached hydrogens (tertiary/aromatic N) is 2. The van der Waals surface area contributed by atoms with Crippen molar-refractivity contribution in [3.05, 3.63) is 53.3 Å². The fourth-order valence-corrected chi connectivity index (χ4v) is 8.75. The molecule has 2 N–H and O–H groups in total. The standard InChI is InChI=1S/C24H25N3O7S3/c28-18(12-35-17-4-2-1-3-5-17)25-19-22(30)27-20(24(31)32)15(11-36-23(19)27)10-14-6-8-26(21(14)29)16-7-9-37(33,34)13-16/h1-5,10,16,19,23H,6-9,11-13H2,(H,25,28)(H,31,32)/t16?,19-,23-/m1/s1. The van der Waals surface area contributed by atoms with Gasteiger partial charge in [0.2, 0.25) is 11.8 Å². The van der Waals surface area contributed by atoms with Crippen LogP contribution < -0.4 is 5.32 Å². The molecular weight excluding hydrogens is 538 g/mol. The minimum Gasteiger partial charge on any atom is -0.477 e. The summed E-state index contributed by atoms with van der Waals surface area (Å²) in [4.78, 5) is 54.1. The minimum absolute atomic E-state index is 0.0497. The van der Waals surface area contributed by atoms with Crippen LogP contribution in [0.25, 0.3) is 0 Å². The molecule has 10 nitrogen and oxygen atoms in total. The highest BCUT2D eigenvalue weighted by Gasteiger charge is 2.54. The van der Waals surface area contributed by atoms with Gasteiger partial charge in [0.1, 0.15) is 17.1 Å². The van der Waals surface area contributed by atoms with E-state index in [2.05, 4.69) is 5.32 Å². The number of nitrogens with one attached hydrogen (secondary N) is 1. The van der Waals surface area contributed by atoms with Gasteiger partial charge in [0.25, 0.3) is 5.91 Å². The zero-order valence-corrected chi connectivity index (χ0v) is 22.1. The average Bonchev–Trinajstić information content (AvgIpc) is 3.42. The lowest BCUT2D eigenvalue weighted by Crippen LogP contribution is -2.70. The fraction of sp³-hybridized carbons (Fsp3) is 0.417. The van der Waals surface area contributed by atoms with Crippen molar-refractivity contribution in [1.29, 1.82) is 0 Å². The lowest BCUT2D eigenvalue weighted by molar-refractivity contribution is -0.150. The number of hydrogen-bond acceptors (Lipinski definition) is 8. The highest BCUT2D eigenvalue weighted by Crippen LogP contribution is 2.41. The molecule has 0 radical (unpaired) electrons. The van der Waals surface area contributed by atoms with Crippen LogP contribution in [0.3, 0.4) is 0 Å². The second kappa shape index (κ2) is 10.2. The molecule has 4 aliphatic heterocycles. The number of fused-ring (bicyclic) bond motifs is 1. The second-order valence-corrected chi connectivity index (χ2v) is 13.6. The van der Waals surface area contributed by atoms with Crippen LogP contribution in [0.5, 0.6) is 0 Å². The molecule has 0 bridgehead atoms. The second-order valence-electron chi connectivity index (χ2n) is 9.21. The molecule has 0 aromatic heterocycles. The summed E-state index contributed by atoms with van der Waals surface area (Å²) >= 11 is 2.68. The number of likely N-dealkylation sites (tertiary alicyclic amines) is 1. The van der Waals surface area contributed by atoms with Crippen LogP contribution in [-0.4, -0.2) is 94.0 Å². The zero-order valence-electron chi connectivity index (χ0n) is 19.7. The molecule has 3 amide bonds. The Hall–Kier alpha value is -2.77. The predicted molar refractivity (Wildman–Crippen MR) is 138 cm³/mol. The molecular formula is C24H25N3O7S3. The quantitative estimate of drug-likeness (QED) is 0.281. The van der Waals surface area contributed by atoms with Crippen LogP contribution in [0.2, 0.25) is 0 Å². The summed E-state index contributed by atoms with van der Waals surface area (Å²) in [7, 11) is -3.14. The van der Waals surface area contributed by atoms with Crippen molar-refractivity contribution in [2.24, 2.45) is 0 Å². The summed E-state index contributed by atoms with van der Waals surface area (Å²) in [5, 5.41) is 12.1. The Balaban J connectivity index is 1.27. The number of allylic oxidation sites excluding steroid dienone is 1. The van der Waals surface area contributed by atoms with Crippen molar-refractivity contribution in [3.8, 4) is 0 Å². The first-order valence-electron chi connectivity index (χ1n) is 11.7. The summed E-state index contributed by atoms with van der Waals surface area (Å²) in [6, 6.07) is 8.21. The Morgan fingerprint density at radius 3 is 2.65 bits per heavy atom. The van der Waals surface area contributed by atoms with Crippen molar-refractivity contribution in [2.75, 3.05) is 29.6 Å². The first-order valence-corrected chi connectivity index (χ1v) is 15.6. The van der Waals surface area contributed by atoms with E-state index < -0.39 is 33.1 Å². The predicted octanol–water partition coefficient (Wildman–Crippen LogP) is 0.863. The Morgan fingerprint density at radius 2 is 1.97 bits per heavy atom. The molecule has 13 heteroatoms. The number of hydrogen-bond donors (Lipinski definition) is 2. The summed E-state index contributed by atoms with van der Waals surface area (Å²) in [5.41, 5.74) is 0.587. The van der Waals surface area contributed by atoms with Crippen molar-refractivity contribution >= 4 is 57.1 Å². The van der Waals surface area contributed by atoms with Gasteiger partial charge in [-0.3, -0.25) is 19.3 Å². The van der Waals surface area contributed by atoms with E-state index in [0.717, 1.165) is 4.90 Å². The maximum Gasteiger partial charge on any atom is 0.352 e. The van der Waals surface area contributed by atoms with E-state index in [0.29, 0.717) is 30.5 Å². The molecule has 3 fully saturated rings. The number of benzene rings is 1. The van der Waals surface area contributed by atoms with Gasteiger partial charge in [-0.2, -0.15) is 0 Å². The maximum absolute atomic E-state index is 13.0. The van der Waals surface area contributed by atoms with Crippen LogP contribution in [-0.2, 0) is 29.0 Å². The highest BCUT2D eigenvalue weighted by atomic mass is 32.2. The molecule has 0 saturated carbocycles. The molecule has 3 saturated heterocycles. The fourth-order valence-electron chi connectivity index (χ4n) is 4.98. The molecule has 196 valence electrons. The third-order valence-electron chi connectivity index (χ3n) is 6.79. The van der Waals surface area contributed by atoms with E-state index in [1.165, 1.54) is 34.5 Å². The van der Waals surface area contributed by atoms with E-state index >= 15 is 0 Å². The number of rotatable bonds is 7. The van der Waals surface area contributed by atoms with Gasteiger partial charge in [0.15, 0.2) is 9.84 Å². The number of thioether (sulfide) groups is 2. The number of β-lactam (4-membered cyclic amide) rings is 1. The lowest BCUT2D eigenvalue weighted by Gasteiger charge is -2.49. The Morgan fingerprint density at radius 1 is 1.22 bits per heavy atom. The Bertz CT molecular complexity index is 1330. The van der Waals surface area contributed by atoms with E-state index in [9.17, 15) is 32.7 Å². The van der Waals surface area contributed by atoms with Gasteiger partial charge in [-0.1, -0.05) is 18.2 Å². The van der Waals surface area contributed by atoms with Crippen molar-refractivity contribution in [1.82, 2.24) is 15.1 Å². The molecule has 0 aliphatic carbocycles. The number of amides is 3. The Labute approximate surface area is 222 Å². The summed E-state index contributed by atoms with van der Waals surface area (Å²) in [5.74, 6) is -1.98. The molecule has 37 heavy (non-hydrogen) atoms. The maximum atomic E-state index is 13.0. The third kappa shape index (κ3) is 5.16. The molecule has 4 heterocycles. The van der Waals surface area contributed by atoms with E-state index in [4.69, 9.17) is 0 Å². The smallest absolute Gasteiger partial charge is 0.352 e. The van der Waals surface area contributed by atoms with Crippen molar-refractivity contribution in [3.63, 3.8) is 0 Å². The Kier molecular flexibility index (Phi) is 7.12. The van der Waals surface area contributed by atoms with Gasteiger partial charge in [0.05, 0.1) is 17.3 Å². The molecule has 5 rings (SSSR count). The SMILES string of the molecule is O=C(CSc1ccccc1)N[C@@H]1C(=O)N2C(C(=O)O)=C(C=C3CCN(C4CCS(=O)(=O)C4)C3=O)CS[C@H]12. The minimum atomic E-state index is -3.14. The van der Waals surface area contributed by atoms with Gasteiger partial charge in [0, 0.05) is 28.8 Å². The van der Waals surface area contributed by atoms with Gasteiger partial charge in [-0.15, -0.1) is 23.5 Å². The van der Waals surface area contributed by atoms with E-state index in [1.54, 1.807) is 4.90 Å². The summed E-state index contributed by atoms with van der Waals surface area (Å²) < 4.78 is 23.7. The number of carbonyl (C=O) groups is 4.